The Morgan fingerprint density at radius 1 is 1.00 bits per heavy atom. The first kappa shape index (κ1) is 17.3. The van der Waals surface area contributed by atoms with E-state index in [1.54, 1.807) is 56.6 Å². The van der Waals surface area contributed by atoms with Gasteiger partial charge >= 0.3 is 0 Å². The van der Waals surface area contributed by atoms with Gasteiger partial charge in [-0.25, -0.2) is 0 Å². The van der Waals surface area contributed by atoms with Crippen LogP contribution >= 0.6 is 0 Å². The zero-order chi connectivity index (χ0) is 17.5. The Labute approximate surface area is 140 Å². The number of anilines is 1. The van der Waals surface area contributed by atoms with E-state index in [2.05, 4.69) is 10.6 Å². The maximum atomic E-state index is 12.4. The molecule has 0 aliphatic heterocycles. The molecular formula is C18H20N2O4. The van der Waals surface area contributed by atoms with Crippen LogP contribution in [0.3, 0.4) is 0 Å². The van der Waals surface area contributed by atoms with Crippen molar-refractivity contribution < 1.29 is 19.1 Å². The molecule has 2 N–H and O–H groups in total. The SMILES string of the molecule is CCOc1cc(C(=O)Nc2cccc(C(=O)NC)c2)ccc1OC. The molecular weight excluding hydrogens is 308 g/mol. The van der Waals surface area contributed by atoms with Crippen LogP contribution in [0.1, 0.15) is 27.6 Å². The van der Waals surface area contributed by atoms with Crippen LogP contribution in [0.25, 0.3) is 0 Å². The van der Waals surface area contributed by atoms with Crippen LogP contribution in [0.5, 0.6) is 11.5 Å². The van der Waals surface area contributed by atoms with E-state index in [4.69, 9.17) is 9.47 Å². The zero-order valence-electron chi connectivity index (χ0n) is 13.9. The minimum absolute atomic E-state index is 0.214. The van der Waals surface area contributed by atoms with E-state index in [1.165, 1.54) is 0 Å². The highest BCUT2D eigenvalue weighted by Crippen LogP contribution is 2.28. The Hall–Kier alpha value is -3.02. The normalized spacial score (nSPS) is 9.96. The number of ether oxygens (including phenoxy) is 2. The number of rotatable bonds is 6. The van der Waals surface area contributed by atoms with E-state index in [0.29, 0.717) is 34.9 Å². The molecule has 0 saturated heterocycles. The Morgan fingerprint density at radius 3 is 2.42 bits per heavy atom. The van der Waals surface area contributed by atoms with E-state index in [-0.39, 0.29) is 11.8 Å². The van der Waals surface area contributed by atoms with Gasteiger partial charge < -0.3 is 20.1 Å². The van der Waals surface area contributed by atoms with Gasteiger partial charge in [0.25, 0.3) is 11.8 Å². The molecule has 6 nitrogen and oxygen atoms in total. The van der Waals surface area contributed by atoms with E-state index in [0.717, 1.165) is 0 Å². The summed E-state index contributed by atoms with van der Waals surface area (Å²) < 4.78 is 10.7. The minimum Gasteiger partial charge on any atom is -0.493 e. The fraction of sp³-hybridized carbons (Fsp3) is 0.222. The summed E-state index contributed by atoms with van der Waals surface area (Å²) in [5, 5.41) is 5.31. The monoisotopic (exact) mass is 328 g/mol. The quantitative estimate of drug-likeness (QED) is 0.855. The van der Waals surface area contributed by atoms with Gasteiger partial charge in [-0.1, -0.05) is 6.07 Å². The third-order valence-electron chi connectivity index (χ3n) is 3.34. The minimum atomic E-state index is -0.298. The molecule has 2 aromatic rings. The number of methoxy groups -OCH3 is 1. The van der Waals surface area contributed by atoms with Gasteiger partial charge in [-0.15, -0.1) is 0 Å². The lowest BCUT2D eigenvalue weighted by molar-refractivity contribution is 0.0961. The summed E-state index contributed by atoms with van der Waals surface area (Å²) in [6.07, 6.45) is 0. The summed E-state index contributed by atoms with van der Waals surface area (Å²) in [6, 6.07) is 11.7. The molecule has 0 fully saturated rings. The second-order valence-electron chi connectivity index (χ2n) is 4.91. The van der Waals surface area contributed by atoms with E-state index >= 15 is 0 Å². The van der Waals surface area contributed by atoms with Gasteiger partial charge in [-0.05, 0) is 43.3 Å². The van der Waals surface area contributed by atoms with E-state index < -0.39 is 0 Å². The number of hydrogen-bond donors (Lipinski definition) is 2. The first-order chi connectivity index (χ1) is 11.6. The highest BCUT2D eigenvalue weighted by atomic mass is 16.5. The Kier molecular flexibility index (Phi) is 5.78. The van der Waals surface area contributed by atoms with Gasteiger partial charge in [0.2, 0.25) is 0 Å². The van der Waals surface area contributed by atoms with Crippen molar-refractivity contribution in [1.29, 1.82) is 0 Å². The molecule has 0 radical (unpaired) electrons. The molecule has 0 unspecified atom stereocenters. The first-order valence-corrected chi connectivity index (χ1v) is 7.53. The molecule has 24 heavy (non-hydrogen) atoms. The van der Waals surface area contributed by atoms with Gasteiger partial charge in [0.1, 0.15) is 0 Å². The molecule has 0 aromatic heterocycles. The molecule has 0 aliphatic carbocycles. The maximum absolute atomic E-state index is 12.4. The average Bonchev–Trinajstić information content (AvgIpc) is 2.61. The molecule has 0 aliphatic rings. The van der Waals surface area contributed by atoms with Crippen molar-refractivity contribution in [1.82, 2.24) is 5.32 Å². The van der Waals surface area contributed by atoms with Crippen molar-refractivity contribution in [3.63, 3.8) is 0 Å². The van der Waals surface area contributed by atoms with Crippen LogP contribution in [0, 0.1) is 0 Å². The molecule has 0 atom stereocenters. The molecule has 2 amide bonds. The van der Waals surface area contributed by atoms with Crippen molar-refractivity contribution in [3.05, 3.63) is 53.6 Å². The highest BCUT2D eigenvalue weighted by molar-refractivity contribution is 6.05. The van der Waals surface area contributed by atoms with Crippen LogP contribution in [0.4, 0.5) is 5.69 Å². The summed E-state index contributed by atoms with van der Waals surface area (Å²) in [5.41, 5.74) is 1.44. The van der Waals surface area contributed by atoms with Crippen LogP contribution in [0.2, 0.25) is 0 Å². The van der Waals surface area contributed by atoms with Crippen LogP contribution in [-0.4, -0.2) is 32.6 Å². The predicted molar refractivity (Wildman–Crippen MR) is 91.9 cm³/mol. The molecule has 6 heteroatoms. The van der Waals surface area contributed by atoms with Gasteiger partial charge in [0.15, 0.2) is 11.5 Å². The molecule has 0 spiro atoms. The maximum Gasteiger partial charge on any atom is 0.255 e. The lowest BCUT2D eigenvalue weighted by atomic mass is 10.1. The summed E-state index contributed by atoms with van der Waals surface area (Å²) in [4.78, 5) is 24.1. The largest absolute Gasteiger partial charge is 0.493 e. The van der Waals surface area contributed by atoms with Crippen molar-refractivity contribution in [3.8, 4) is 11.5 Å². The summed E-state index contributed by atoms with van der Waals surface area (Å²) >= 11 is 0. The molecule has 2 aromatic carbocycles. The summed E-state index contributed by atoms with van der Waals surface area (Å²) in [6.45, 7) is 2.33. The fourth-order valence-electron chi connectivity index (χ4n) is 2.17. The van der Waals surface area contributed by atoms with Crippen molar-refractivity contribution >= 4 is 17.5 Å². The molecule has 126 valence electrons. The van der Waals surface area contributed by atoms with E-state index in [9.17, 15) is 9.59 Å². The van der Waals surface area contributed by atoms with Gasteiger partial charge in [-0.2, -0.15) is 0 Å². The predicted octanol–water partition coefficient (Wildman–Crippen LogP) is 2.71. The fourth-order valence-corrected chi connectivity index (χ4v) is 2.17. The second-order valence-corrected chi connectivity index (χ2v) is 4.91. The smallest absolute Gasteiger partial charge is 0.255 e. The number of carbonyl (C=O) groups is 2. The number of benzene rings is 2. The van der Waals surface area contributed by atoms with Gasteiger partial charge in [-0.3, -0.25) is 9.59 Å². The highest BCUT2D eigenvalue weighted by Gasteiger charge is 2.12. The first-order valence-electron chi connectivity index (χ1n) is 7.53. The number of amides is 2. The third-order valence-corrected chi connectivity index (χ3v) is 3.34. The standard InChI is InChI=1S/C18H20N2O4/c1-4-24-16-11-13(8-9-15(16)23-3)18(22)20-14-7-5-6-12(10-14)17(21)19-2/h5-11H,4H2,1-3H3,(H,19,21)(H,20,22). The lowest BCUT2D eigenvalue weighted by Gasteiger charge is -2.11. The van der Waals surface area contributed by atoms with Gasteiger partial charge in [0.05, 0.1) is 13.7 Å². The summed E-state index contributed by atoms with van der Waals surface area (Å²) in [7, 11) is 3.10. The van der Waals surface area contributed by atoms with Crippen LogP contribution in [0.15, 0.2) is 42.5 Å². The Balaban J connectivity index is 2.21. The Morgan fingerprint density at radius 2 is 1.75 bits per heavy atom. The van der Waals surface area contributed by atoms with Crippen molar-refractivity contribution in [2.75, 3.05) is 26.1 Å². The topological polar surface area (TPSA) is 76.7 Å². The molecule has 0 heterocycles. The van der Waals surface area contributed by atoms with Crippen LogP contribution in [-0.2, 0) is 0 Å². The molecule has 0 saturated carbocycles. The number of nitrogens with one attached hydrogen (secondary N) is 2. The third kappa shape index (κ3) is 4.04. The lowest BCUT2D eigenvalue weighted by Crippen LogP contribution is -2.18. The Bertz CT molecular complexity index is 744. The number of carbonyl (C=O) groups excluding carboxylic acids is 2. The molecule has 0 bridgehead atoms. The van der Waals surface area contributed by atoms with Gasteiger partial charge in [0, 0.05) is 23.9 Å². The van der Waals surface area contributed by atoms with Crippen molar-refractivity contribution in [2.45, 2.75) is 6.92 Å². The van der Waals surface area contributed by atoms with Crippen molar-refractivity contribution in [2.24, 2.45) is 0 Å². The second kappa shape index (κ2) is 8.01. The summed E-state index contributed by atoms with van der Waals surface area (Å²) in [5.74, 6) is 0.559. The molecule has 2 rings (SSSR count). The number of hydrogen-bond acceptors (Lipinski definition) is 4. The average molecular weight is 328 g/mol. The zero-order valence-corrected chi connectivity index (χ0v) is 13.9. The van der Waals surface area contributed by atoms with E-state index in [1.807, 2.05) is 6.92 Å². The van der Waals surface area contributed by atoms with Crippen LogP contribution < -0.4 is 20.1 Å².